The zero-order chi connectivity index (χ0) is 24.5. The Labute approximate surface area is 197 Å². The molecule has 1 aliphatic rings. The number of alkyl halides is 2. The number of carbonyl (C=O) groups excluding carboxylic acids is 2. The van der Waals surface area contributed by atoms with E-state index in [2.05, 4.69) is 37.1 Å². The molecule has 34 heavy (non-hydrogen) atoms. The van der Waals surface area contributed by atoms with Crippen LogP contribution in [0.5, 0.6) is 11.5 Å². The Kier molecular flexibility index (Phi) is 8.97. The molecule has 1 aromatic carbocycles. The molecular weight excluding hydrogens is 448 g/mol. The number of pyridine rings is 1. The van der Waals surface area contributed by atoms with E-state index < -0.39 is 12.5 Å². The fourth-order valence-electron chi connectivity index (χ4n) is 3.53. The first-order valence-electron chi connectivity index (χ1n) is 11.0. The molecule has 2 aromatic rings. The van der Waals surface area contributed by atoms with Crippen molar-refractivity contribution in [2.45, 2.75) is 20.1 Å². The van der Waals surface area contributed by atoms with Crippen LogP contribution in [0.4, 0.5) is 14.6 Å². The predicted octanol–water partition coefficient (Wildman–Crippen LogP) is 1.88. The molecule has 9 nitrogen and oxygen atoms in total. The van der Waals surface area contributed by atoms with Crippen molar-refractivity contribution in [1.82, 2.24) is 20.5 Å². The summed E-state index contributed by atoms with van der Waals surface area (Å²) in [5, 5.41) is 5.21. The molecular formula is C23H29F2N5O4. The number of piperazine rings is 1. The van der Waals surface area contributed by atoms with Gasteiger partial charge in [-0.3, -0.25) is 9.59 Å². The number of halogens is 2. The minimum Gasteiger partial charge on any atom is -0.493 e. The summed E-state index contributed by atoms with van der Waals surface area (Å²) in [7, 11) is 1.27. The molecule has 2 amide bonds. The highest BCUT2D eigenvalue weighted by atomic mass is 19.3. The Balaban J connectivity index is 1.44. The second-order valence-electron chi connectivity index (χ2n) is 7.65. The van der Waals surface area contributed by atoms with E-state index in [-0.39, 0.29) is 36.1 Å². The Morgan fingerprint density at radius 2 is 1.85 bits per heavy atom. The van der Waals surface area contributed by atoms with Crippen molar-refractivity contribution < 1.29 is 27.8 Å². The summed E-state index contributed by atoms with van der Waals surface area (Å²) < 4.78 is 34.2. The summed E-state index contributed by atoms with van der Waals surface area (Å²) in [5.41, 5.74) is 0.987. The number of anilines is 1. The molecule has 0 saturated carbocycles. The molecule has 3 rings (SSSR count). The highest BCUT2D eigenvalue weighted by Crippen LogP contribution is 2.29. The summed E-state index contributed by atoms with van der Waals surface area (Å²) in [6.45, 7) is 4.13. The van der Waals surface area contributed by atoms with Gasteiger partial charge in [0, 0.05) is 44.5 Å². The smallest absolute Gasteiger partial charge is 0.387 e. The number of hydrogen-bond acceptors (Lipinski definition) is 7. The summed E-state index contributed by atoms with van der Waals surface area (Å²) >= 11 is 0. The molecule has 0 atom stereocenters. The number of benzene rings is 1. The summed E-state index contributed by atoms with van der Waals surface area (Å²) in [4.78, 5) is 33.6. The maximum absolute atomic E-state index is 12.4. The fraction of sp³-hybridized carbons (Fsp3) is 0.435. The van der Waals surface area contributed by atoms with Gasteiger partial charge < -0.3 is 29.9 Å². The minimum atomic E-state index is -3.01. The number of likely N-dealkylation sites (N-methyl/N-ethyl adjacent to an activating group) is 1. The summed E-state index contributed by atoms with van der Waals surface area (Å²) in [6, 6.07) is 7.64. The average molecular weight is 478 g/mol. The van der Waals surface area contributed by atoms with Gasteiger partial charge in [0.2, 0.25) is 5.91 Å². The van der Waals surface area contributed by atoms with Crippen LogP contribution in [-0.2, 0) is 11.3 Å². The van der Waals surface area contributed by atoms with Gasteiger partial charge in [-0.1, -0.05) is 13.0 Å². The zero-order valence-electron chi connectivity index (χ0n) is 19.2. The van der Waals surface area contributed by atoms with E-state index in [0.29, 0.717) is 0 Å². The van der Waals surface area contributed by atoms with Gasteiger partial charge in [-0.15, -0.1) is 0 Å². The number of nitrogens with zero attached hydrogens (tertiary/aromatic N) is 3. The highest BCUT2D eigenvalue weighted by molar-refractivity contribution is 5.97. The zero-order valence-corrected chi connectivity index (χ0v) is 19.2. The first-order chi connectivity index (χ1) is 16.4. The second-order valence-corrected chi connectivity index (χ2v) is 7.65. The number of rotatable bonds is 10. The van der Waals surface area contributed by atoms with Gasteiger partial charge >= 0.3 is 6.61 Å². The Morgan fingerprint density at radius 3 is 2.47 bits per heavy atom. The van der Waals surface area contributed by atoms with E-state index in [0.717, 1.165) is 44.1 Å². The van der Waals surface area contributed by atoms with Crippen molar-refractivity contribution in [3.63, 3.8) is 0 Å². The minimum absolute atomic E-state index is 0.0133. The summed E-state index contributed by atoms with van der Waals surface area (Å²) in [6.07, 6.45) is 1.73. The third kappa shape index (κ3) is 7.01. The Bertz CT molecular complexity index is 966. The maximum atomic E-state index is 12.4. The van der Waals surface area contributed by atoms with Gasteiger partial charge in [0.25, 0.3) is 5.91 Å². The van der Waals surface area contributed by atoms with Crippen molar-refractivity contribution in [2.75, 3.05) is 51.3 Å². The number of methoxy groups -OCH3 is 1. The number of aromatic nitrogens is 1. The molecule has 1 saturated heterocycles. The molecule has 0 aliphatic carbocycles. The predicted molar refractivity (Wildman–Crippen MR) is 122 cm³/mol. The van der Waals surface area contributed by atoms with Crippen LogP contribution in [0.2, 0.25) is 0 Å². The van der Waals surface area contributed by atoms with Gasteiger partial charge in [0.05, 0.1) is 13.7 Å². The van der Waals surface area contributed by atoms with Crippen LogP contribution in [-0.4, -0.2) is 74.7 Å². The molecule has 1 fully saturated rings. The van der Waals surface area contributed by atoms with Gasteiger partial charge in [-0.25, -0.2) is 4.98 Å². The maximum Gasteiger partial charge on any atom is 0.387 e. The van der Waals surface area contributed by atoms with E-state index in [1.807, 2.05) is 12.1 Å². The molecule has 0 radical (unpaired) electrons. The lowest BCUT2D eigenvalue weighted by Gasteiger charge is -2.34. The second kappa shape index (κ2) is 12.1. The van der Waals surface area contributed by atoms with E-state index in [1.54, 1.807) is 6.20 Å². The van der Waals surface area contributed by atoms with Crippen LogP contribution in [0.3, 0.4) is 0 Å². The molecule has 2 N–H and O–H groups in total. The number of nitrogens with one attached hydrogen (secondary N) is 2. The van der Waals surface area contributed by atoms with Gasteiger partial charge in [0.15, 0.2) is 11.5 Å². The van der Waals surface area contributed by atoms with E-state index in [9.17, 15) is 18.4 Å². The van der Waals surface area contributed by atoms with Gasteiger partial charge in [-0.05, 0) is 36.4 Å². The topological polar surface area (TPSA) is 96.0 Å². The van der Waals surface area contributed by atoms with Crippen molar-refractivity contribution >= 4 is 17.6 Å². The third-order valence-electron chi connectivity index (χ3n) is 5.49. The SMILES string of the molecule is CCN1CCN(c2ccc(CNC(=O)CNC(=O)c3ccc(OC(F)F)c(OC)c3)cn2)CC1. The van der Waals surface area contributed by atoms with Crippen LogP contribution in [0.25, 0.3) is 0 Å². The molecule has 0 bridgehead atoms. The van der Waals surface area contributed by atoms with Crippen LogP contribution >= 0.6 is 0 Å². The molecule has 1 aliphatic heterocycles. The Hall–Kier alpha value is -3.47. The number of carbonyl (C=O) groups is 2. The molecule has 1 aromatic heterocycles. The van der Waals surface area contributed by atoms with Crippen molar-refractivity contribution in [2.24, 2.45) is 0 Å². The lowest BCUT2D eigenvalue weighted by molar-refractivity contribution is -0.120. The monoisotopic (exact) mass is 477 g/mol. The third-order valence-corrected chi connectivity index (χ3v) is 5.49. The van der Waals surface area contributed by atoms with Gasteiger partial charge in [0.1, 0.15) is 5.82 Å². The van der Waals surface area contributed by atoms with Crippen LogP contribution in [0, 0.1) is 0 Å². The quantitative estimate of drug-likeness (QED) is 0.540. The molecule has 0 spiro atoms. The van der Waals surface area contributed by atoms with Crippen LogP contribution in [0.15, 0.2) is 36.5 Å². The Morgan fingerprint density at radius 1 is 1.09 bits per heavy atom. The molecule has 184 valence electrons. The number of hydrogen-bond donors (Lipinski definition) is 2. The van der Waals surface area contributed by atoms with Gasteiger partial charge in [-0.2, -0.15) is 8.78 Å². The standard InChI is InChI=1S/C23H29F2N5O4/c1-3-29-8-10-30(11-9-29)20-7-4-16(13-26-20)14-27-21(31)15-28-22(32)17-5-6-18(34-23(24)25)19(12-17)33-2/h4-7,12-13,23H,3,8-11,14-15H2,1-2H3,(H,27,31)(H,28,32). The first-order valence-corrected chi connectivity index (χ1v) is 11.0. The highest BCUT2D eigenvalue weighted by Gasteiger charge is 2.17. The van der Waals surface area contributed by atoms with Crippen LogP contribution in [0.1, 0.15) is 22.8 Å². The van der Waals surface area contributed by atoms with E-state index in [1.165, 1.54) is 25.3 Å². The van der Waals surface area contributed by atoms with Crippen LogP contribution < -0.4 is 25.0 Å². The summed E-state index contributed by atoms with van der Waals surface area (Å²) in [5.74, 6) is -0.210. The van der Waals surface area contributed by atoms with Crippen molar-refractivity contribution in [3.05, 3.63) is 47.7 Å². The normalized spacial score (nSPS) is 14.1. The number of amides is 2. The molecule has 11 heteroatoms. The molecule has 0 unspecified atom stereocenters. The lowest BCUT2D eigenvalue weighted by atomic mass is 10.2. The molecule has 2 heterocycles. The van der Waals surface area contributed by atoms with Crippen molar-refractivity contribution in [1.29, 1.82) is 0 Å². The fourth-order valence-corrected chi connectivity index (χ4v) is 3.53. The lowest BCUT2D eigenvalue weighted by Crippen LogP contribution is -2.46. The van der Waals surface area contributed by atoms with E-state index >= 15 is 0 Å². The first kappa shape index (κ1) is 25.2. The number of ether oxygens (including phenoxy) is 2. The van der Waals surface area contributed by atoms with Crippen molar-refractivity contribution in [3.8, 4) is 11.5 Å². The average Bonchev–Trinajstić information content (AvgIpc) is 2.86. The largest absolute Gasteiger partial charge is 0.493 e. The van der Waals surface area contributed by atoms with E-state index in [4.69, 9.17) is 4.74 Å².